The van der Waals surface area contributed by atoms with E-state index in [1.165, 1.54) is 16.4 Å². The summed E-state index contributed by atoms with van der Waals surface area (Å²) in [6.45, 7) is 9.95. The van der Waals surface area contributed by atoms with Gasteiger partial charge in [-0.15, -0.1) is 0 Å². The average Bonchev–Trinajstić information content (AvgIpc) is 2.74. The number of carbonyl (C=O) groups excluding carboxylic acids is 1. The molecule has 0 saturated carbocycles. The van der Waals surface area contributed by atoms with Gasteiger partial charge in [0, 0.05) is 26.2 Å². The summed E-state index contributed by atoms with van der Waals surface area (Å²) >= 11 is 0. The van der Waals surface area contributed by atoms with Crippen LogP contribution in [0.3, 0.4) is 0 Å². The van der Waals surface area contributed by atoms with Crippen LogP contribution in [0.15, 0.2) is 53.4 Å². The number of nitrogens with one attached hydrogen (secondary N) is 1. The first-order chi connectivity index (χ1) is 15.0. The summed E-state index contributed by atoms with van der Waals surface area (Å²) in [6.07, 6.45) is 0. The Kier molecular flexibility index (Phi) is 7.37. The van der Waals surface area contributed by atoms with Gasteiger partial charge in [0.15, 0.2) is 0 Å². The number of piperazine rings is 1. The van der Waals surface area contributed by atoms with Crippen LogP contribution in [0.1, 0.15) is 44.9 Å². The van der Waals surface area contributed by atoms with Crippen molar-refractivity contribution in [3.05, 3.63) is 65.5 Å². The fourth-order valence-corrected chi connectivity index (χ4v) is 5.15. The van der Waals surface area contributed by atoms with E-state index in [1.807, 2.05) is 24.0 Å². The maximum atomic E-state index is 13.1. The zero-order valence-corrected chi connectivity index (χ0v) is 20.0. The van der Waals surface area contributed by atoms with Crippen molar-refractivity contribution in [1.82, 2.24) is 14.5 Å². The van der Waals surface area contributed by atoms with Gasteiger partial charge in [-0.1, -0.05) is 45.0 Å². The second-order valence-electron chi connectivity index (χ2n) is 9.30. The molecule has 1 atom stereocenters. The smallest absolute Gasteiger partial charge is 0.243 e. The number of rotatable bonds is 6. The highest BCUT2D eigenvalue weighted by Crippen LogP contribution is 2.25. The molecule has 2 aromatic carbocycles. The molecule has 0 bridgehead atoms. The molecule has 0 aromatic heterocycles. The van der Waals surface area contributed by atoms with E-state index >= 15 is 0 Å². The van der Waals surface area contributed by atoms with E-state index in [-0.39, 0.29) is 29.7 Å². The van der Waals surface area contributed by atoms with Crippen molar-refractivity contribution >= 4 is 15.9 Å². The fourth-order valence-electron chi connectivity index (χ4n) is 3.73. The number of nitrogens with zero attached hydrogens (tertiary/aromatic N) is 2. The maximum absolute atomic E-state index is 13.1. The second-order valence-corrected chi connectivity index (χ2v) is 11.2. The molecule has 2 aromatic rings. The van der Waals surface area contributed by atoms with Gasteiger partial charge >= 0.3 is 0 Å². The largest absolute Gasteiger partial charge is 0.348 e. The zero-order valence-electron chi connectivity index (χ0n) is 19.1. The third-order valence-electron chi connectivity index (χ3n) is 5.80. The molecule has 32 heavy (non-hydrogen) atoms. The van der Waals surface area contributed by atoms with Gasteiger partial charge in [-0.2, -0.15) is 4.31 Å². The van der Waals surface area contributed by atoms with E-state index in [0.717, 1.165) is 11.1 Å². The van der Waals surface area contributed by atoms with E-state index in [2.05, 4.69) is 26.1 Å². The Labute approximate surface area is 190 Å². The van der Waals surface area contributed by atoms with Crippen LogP contribution in [-0.4, -0.2) is 56.3 Å². The van der Waals surface area contributed by atoms with Crippen molar-refractivity contribution in [2.24, 2.45) is 0 Å². The van der Waals surface area contributed by atoms with Gasteiger partial charge in [-0.05, 0) is 47.7 Å². The summed E-state index contributed by atoms with van der Waals surface area (Å²) in [6, 6.07) is 12.9. The molecular weight excluding hydrogens is 429 g/mol. The number of halogens is 1. The van der Waals surface area contributed by atoms with Gasteiger partial charge in [0.05, 0.1) is 17.5 Å². The minimum absolute atomic E-state index is 0.0390. The number of hydrogen-bond acceptors (Lipinski definition) is 4. The molecule has 3 rings (SSSR count). The second kappa shape index (κ2) is 9.68. The topological polar surface area (TPSA) is 69.7 Å². The molecule has 0 unspecified atom stereocenters. The molecule has 1 aliphatic heterocycles. The molecule has 0 aliphatic carbocycles. The summed E-state index contributed by atoms with van der Waals surface area (Å²) in [5.41, 5.74) is 1.87. The molecule has 1 amide bonds. The monoisotopic (exact) mass is 461 g/mol. The first kappa shape index (κ1) is 24.4. The van der Waals surface area contributed by atoms with Gasteiger partial charge in [0.2, 0.25) is 15.9 Å². The summed E-state index contributed by atoms with van der Waals surface area (Å²) in [4.78, 5) is 14.7. The Morgan fingerprint density at radius 1 is 1.00 bits per heavy atom. The maximum Gasteiger partial charge on any atom is 0.243 e. The molecule has 6 nitrogen and oxygen atoms in total. The highest BCUT2D eigenvalue weighted by atomic mass is 32.2. The Morgan fingerprint density at radius 2 is 1.56 bits per heavy atom. The summed E-state index contributed by atoms with van der Waals surface area (Å²) < 4.78 is 40.6. The fraction of sp³-hybridized carbons (Fsp3) is 0.458. The minimum Gasteiger partial charge on any atom is -0.348 e. The molecule has 0 spiro atoms. The Hall–Kier alpha value is -2.29. The van der Waals surface area contributed by atoms with Crippen LogP contribution in [-0.2, 0) is 20.2 Å². The SMILES string of the molecule is C[C@H](NC(=O)CN1CCN(S(=O)(=O)c2ccc(C(C)(C)C)cc2)CC1)c1ccc(F)cc1. The molecule has 174 valence electrons. The van der Waals surface area contributed by atoms with Gasteiger partial charge in [0.25, 0.3) is 0 Å². The predicted molar refractivity (Wildman–Crippen MR) is 123 cm³/mol. The Morgan fingerprint density at radius 3 is 2.09 bits per heavy atom. The van der Waals surface area contributed by atoms with Gasteiger partial charge < -0.3 is 5.32 Å². The molecule has 1 N–H and O–H groups in total. The molecule has 1 saturated heterocycles. The molecule has 0 radical (unpaired) electrons. The van der Waals surface area contributed by atoms with Crippen LogP contribution < -0.4 is 5.32 Å². The first-order valence-electron chi connectivity index (χ1n) is 10.8. The van der Waals surface area contributed by atoms with Gasteiger partial charge in [-0.3, -0.25) is 9.69 Å². The van der Waals surface area contributed by atoms with E-state index in [9.17, 15) is 17.6 Å². The number of benzene rings is 2. The van der Waals surface area contributed by atoms with Crippen molar-refractivity contribution in [3.63, 3.8) is 0 Å². The summed E-state index contributed by atoms with van der Waals surface area (Å²) in [7, 11) is -3.56. The van der Waals surface area contributed by atoms with Gasteiger partial charge in [-0.25, -0.2) is 12.8 Å². The molecule has 1 fully saturated rings. The third kappa shape index (κ3) is 5.94. The minimum atomic E-state index is -3.56. The quantitative estimate of drug-likeness (QED) is 0.717. The van der Waals surface area contributed by atoms with E-state index in [1.54, 1.807) is 24.3 Å². The van der Waals surface area contributed by atoms with Crippen LogP contribution in [0.4, 0.5) is 4.39 Å². The first-order valence-corrected chi connectivity index (χ1v) is 12.3. The summed E-state index contributed by atoms with van der Waals surface area (Å²) in [5.74, 6) is -0.457. The predicted octanol–water partition coefficient (Wildman–Crippen LogP) is 3.31. The highest BCUT2D eigenvalue weighted by molar-refractivity contribution is 7.89. The molecule has 8 heteroatoms. The van der Waals surface area contributed by atoms with Crippen molar-refractivity contribution in [2.45, 2.75) is 44.0 Å². The van der Waals surface area contributed by atoms with E-state index in [4.69, 9.17) is 0 Å². The number of hydrogen-bond donors (Lipinski definition) is 1. The average molecular weight is 462 g/mol. The zero-order chi connectivity index (χ0) is 23.5. The Balaban J connectivity index is 1.52. The molecule has 1 heterocycles. The molecular formula is C24H32FN3O3S. The Bertz CT molecular complexity index is 1020. The standard InChI is InChI=1S/C24H32FN3O3S/c1-18(19-5-9-21(25)10-6-19)26-23(29)17-27-13-15-28(16-14-27)32(30,31)22-11-7-20(8-12-22)24(2,3)4/h5-12,18H,13-17H2,1-4H3,(H,26,29)/t18-/m0/s1. The van der Waals surface area contributed by atoms with Crippen LogP contribution in [0, 0.1) is 5.82 Å². The van der Waals surface area contributed by atoms with Crippen molar-refractivity contribution in [2.75, 3.05) is 32.7 Å². The lowest BCUT2D eigenvalue weighted by atomic mass is 9.87. The van der Waals surface area contributed by atoms with Crippen LogP contribution >= 0.6 is 0 Å². The highest BCUT2D eigenvalue weighted by Gasteiger charge is 2.29. The van der Waals surface area contributed by atoms with Crippen LogP contribution in [0.2, 0.25) is 0 Å². The normalized spacial score (nSPS) is 17.2. The number of amides is 1. The lowest BCUT2D eigenvalue weighted by Gasteiger charge is -2.33. The van der Waals surface area contributed by atoms with E-state index < -0.39 is 10.0 Å². The van der Waals surface area contributed by atoms with Crippen molar-refractivity contribution in [1.29, 1.82) is 0 Å². The van der Waals surface area contributed by atoms with E-state index in [0.29, 0.717) is 31.1 Å². The van der Waals surface area contributed by atoms with Crippen molar-refractivity contribution in [3.8, 4) is 0 Å². The van der Waals surface area contributed by atoms with Gasteiger partial charge in [0.1, 0.15) is 5.82 Å². The van der Waals surface area contributed by atoms with Crippen molar-refractivity contribution < 1.29 is 17.6 Å². The summed E-state index contributed by atoms with van der Waals surface area (Å²) in [5, 5.41) is 2.91. The lowest BCUT2D eigenvalue weighted by Crippen LogP contribution is -2.51. The van der Waals surface area contributed by atoms with Crippen LogP contribution in [0.5, 0.6) is 0 Å². The number of sulfonamides is 1. The van der Waals surface area contributed by atoms with Crippen LogP contribution in [0.25, 0.3) is 0 Å². The third-order valence-corrected chi connectivity index (χ3v) is 7.72. The molecule has 1 aliphatic rings. The number of carbonyl (C=O) groups is 1. The lowest BCUT2D eigenvalue weighted by molar-refractivity contribution is -0.123.